The van der Waals surface area contributed by atoms with Crippen molar-refractivity contribution in [3.05, 3.63) is 65.7 Å². The van der Waals surface area contributed by atoms with Crippen LogP contribution in [0.4, 0.5) is 0 Å². The molecule has 0 bridgehead atoms. The molecule has 2 aromatic carbocycles. The summed E-state index contributed by atoms with van der Waals surface area (Å²) in [4.78, 5) is 11.7. The second kappa shape index (κ2) is 5.12. The van der Waals surface area contributed by atoms with Crippen molar-refractivity contribution in [3.8, 4) is 5.75 Å². The molecule has 2 nitrogen and oxygen atoms in total. The highest BCUT2D eigenvalue weighted by molar-refractivity contribution is 5.91. The van der Waals surface area contributed by atoms with E-state index in [-0.39, 0.29) is 11.2 Å². The number of rotatable bonds is 5. The number of ether oxygens (including phenoxy) is 1. The fourth-order valence-electron chi connectivity index (χ4n) is 2.58. The average Bonchev–Trinajstić information content (AvgIpc) is 3.28. The van der Waals surface area contributed by atoms with Gasteiger partial charge in [0, 0.05) is 0 Å². The molecule has 0 N–H and O–H groups in total. The lowest BCUT2D eigenvalue weighted by molar-refractivity contribution is -0.119. The second-order valence-electron chi connectivity index (χ2n) is 5.44. The van der Waals surface area contributed by atoms with E-state index < -0.39 is 0 Å². The molecule has 0 radical (unpaired) electrons. The molecule has 0 unspecified atom stereocenters. The van der Waals surface area contributed by atoms with Crippen LogP contribution in [0, 0.1) is 0 Å². The van der Waals surface area contributed by atoms with Gasteiger partial charge in [-0.05, 0) is 43.0 Å². The minimum Gasteiger partial charge on any atom is -0.489 e. The van der Waals surface area contributed by atoms with Crippen LogP contribution in [-0.2, 0) is 16.8 Å². The van der Waals surface area contributed by atoms with Crippen molar-refractivity contribution in [2.45, 2.75) is 31.8 Å². The van der Waals surface area contributed by atoms with Crippen molar-refractivity contribution in [2.24, 2.45) is 0 Å². The van der Waals surface area contributed by atoms with E-state index in [0.717, 1.165) is 29.7 Å². The normalized spacial score (nSPS) is 15.7. The van der Waals surface area contributed by atoms with Gasteiger partial charge in [0.15, 0.2) is 0 Å². The molecule has 3 rings (SSSR count). The van der Waals surface area contributed by atoms with Gasteiger partial charge in [-0.15, -0.1) is 0 Å². The number of hydrogen-bond acceptors (Lipinski definition) is 2. The molecule has 0 saturated heterocycles. The Morgan fingerprint density at radius 2 is 1.70 bits per heavy atom. The Balaban J connectivity index is 1.67. The summed E-state index contributed by atoms with van der Waals surface area (Å²) in [6, 6.07) is 18.1. The van der Waals surface area contributed by atoms with Gasteiger partial charge in [-0.1, -0.05) is 42.5 Å². The maximum atomic E-state index is 11.7. The van der Waals surface area contributed by atoms with Crippen molar-refractivity contribution in [1.82, 2.24) is 0 Å². The van der Waals surface area contributed by atoms with Crippen LogP contribution in [0.25, 0.3) is 0 Å². The molecule has 0 amide bonds. The van der Waals surface area contributed by atoms with Gasteiger partial charge < -0.3 is 4.74 Å². The Labute approximate surface area is 119 Å². The van der Waals surface area contributed by atoms with E-state index in [1.807, 2.05) is 54.6 Å². The third-order valence-electron chi connectivity index (χ3n) is 4.08. The number of benzene rings is 2. The summed E-state index contributed by atoms with van der Waals surface area (Å²) in [6.07, 6.45) is 1.96. The maximum absolute atomic E-state index is 11.7. The molecule has 1 fully saturated rings. The Morgan fingerprint density at radius 1 is 1.05 bits per heavy atom. The molecule has 102 valence electrons. The van der Waals surface area contributed by atoms with Crippen molar-refractivity contribution >= 4 is 5.78 Å². The topological polar surface area (TPSA) is 26.3 Å². The SMILES string of the molecule is CC(=O)C1(c2ccc(OCc3ccccc3)cc2)CC1. The highest BCUT2D eigenvalue weighted by Gasteiger charge is 2.48. The lowest BCUT2D eigenvalue weighted by Gasteiger charge is -2.13. The molecule has 1 saturated carbocycles. The first kappa shape index (κ1) is 12.9. The zero-order chi connectivity index (χ0) is 14.0. The molecule has 1 aliphatic rings. The fraction of sp³-hybridized carbons (Fsp3) is 0.278. The number of ketones is 1. The first-order valence-electron chi connectivity index (χ1n) is 6.99. The largest absolute Gasteiger partial charge is 0.489 e. The zero-order valence-corrected chi connectivity index (χ0v) is 11.6. The van der Waals surface area contributed by atoms with Gasteiger partial charge in [-0.3, -0.25) is 4.79 Å². The third-order valence-corrected chi connectivity index (χ3v) is 4.08. The van der Waals surface area contributed by atoms with Crippen LogP contribution < -0.4 is 4.74 Å². The third kappa shape index (κ3) is 2.46. The van der Waals surface area contributed by atoms with Gasteiger partial charge in [0.2, 0.25) is 0 Å². The molecule has 2 aromatic rings. The standard InChI is InChI=1S/C18H18O2/c1-14(19)18(11-12-18)16-7-9-17(10-8-16)20-13-15-5-3-2-4-6-15/h2-10H,11-13H2,1H3. The first-order chi connectivity index (χ1) is 9.71. The molecule has 0 aromatic heterocycles. The summed E-state index contributed by atoms with van der Waals surface area (Å²) in [5, 5.41) is 0. The van der Waals surface area contributed by atoms with Crippen molar-refractivity contribution in [1.29, 1.82) is 0 Å². The second-order valence-corrected chi connectivity index (χ2v) is 5.44. The Hall–Kier alpha value is -2.09. The van der Waals surface area contributed by atoms with E-state index >= 15 is 0 Å². The number of carbonyl (C=O) groups excluding carboxylic acids is 1. The predicted molar refractivity (Wildman–Crippen MR) is 78.8 cm³/mol. The van der Waals surface area contributed by atoms with Crippen molar-refractivity contribution < 1.29 is 9.53 Å². The fourth-order valence-corrected chi connectivity index (χ4v) is 2.58. The van der Waals surface area contributed by atoms with Crippen molar-refractivity contribution in [3.63, 3.8) is 0 Å². The van der Waals surface area contributed by atoms with E-state index in [1.54, 1.807) is 6.92 Å². The summed E-state index contributed by atoms with van der Waals surface area (Å²) in [6.45, 7) is 2.25. The van der Waals surface area contributed by atoms with E-state index in [4.69, 9.17) is 4.74 Å². The summed E-state index contributed by atoms with van der Waals surface area (Å²) >= 11 is 0. The molecule has 0 heterocycles. The van der Waals surface area contributed by atoms with E-state index in [9.17, 15) is 4.79 Å². The van der Waals surface area contributed by atoms with Crippen LogP contribution in [-0.4, -0.2) is 5.78 Å². The first-order valence-corrected chi connectivity index (χ1v) is 6.99. The Bertz CT molecular complexity index is 595. The Morgan fingerprint density at radius 3 is 2.25 bits per heavy atom. The summed E-state index contributed by atoms with van der Waals surface area (Å²) < 4.78 is 5.76. The molecule has 0 aliphatic heterocycles. The van der Waals surface area contributed by atoms with Crippen LogP contribution in [0.15, 0.2) is 54.6 Å². The molecule has 0 atom stereocenters. The van der Waals surface area contributed by atoms with Gasteiger partial charge in [-0.2, -0.15) is 0 Å². The predicted octanol–water partition coefficient (Wildman–Crippen LogP) is 3.89. The van der Waals surface area contributed by atoms with Crippen LogP contribution in [0.3, 0.4) is 0 Å². The minimum absolute atomic E-state index is 0.196. The van der Waals surface area contributed by atoms with Gasteiger partial charge in [-0.25, -0.2) is 0 Å². The molecule has 2 heteroatoms. The highest BCUT2D eigenvalue weighted by Crippen LogP contribution is 2.49. The molecule has 20 heavy (non-hydrogen) atoms. The molecular formula is C18H18O2. The van der Waals surface area contributed by atoms with E-state index in [0.29, 0.717) is 6.61 Å². The highest BCUT2D eigenvalue weighted by atomic mass is 16.5. The quantitative estimate of drug-likeness (QED) is 0.820. The number of Topliss-reactive ketones (excluding diaryl/α,β-unsaturated/α-hetero) is 1. The van der Waals surface area contributed by atoms with Crippen LogP contribution in [0.2, 0.25) is 0 Å². The van der Waals surface area contributed by atoms with Crippen molar-refractivity contribution in [2.75, 3.05) is 0 Å². The van der Waals surface area contributed by atoms with E-state index in [1.165, 1.54) is 0 Å². The lowest BCUT2D eigenvalue weighted by atomic mass is 9.92. The minimum atomic E-state index is -0.196. The maximum Gasteiger partial charge on any atom is 0.140 e. The van der Waals surface area contributed by atoms with Crippen LogP contribution >= 0.6 is 0 Å². The van der Waals surface area contributed by atoms with Gasteiger partial charge in [0.1, 0.15) is 18.1 Å². The molecule has 0 spiro atoms. The van der Waals surface area contributed by atoms with E-state index in [2.05, 4.69) is 0 Å². The number of hydrogen-bond donors (Lipinski definition) is 0. The van der Waals surface area contributed by atoms with Crippen LogP contribution in [0.1, 0.15) is 30.9 Å². The summed E-state index contributed by atoms with van der Waals surface area (Å²) in [5.74, 6) is 1.12. The van der Waals surface area contributed by atoms with Gasteiger partial charge in [0.05, 0.1) is 5.41 Å². The summed E-state index contributed by atoms with van der Waals surface area (Å²) in [5.41, 5.74) is 2.08. The zero-order valence-electron chi connectivity index (χ0n) is 11.6. The molecular weight excluding hydrogens is 248 g/mol. The smallest absolute Gasteiger partial charge is 0.140 e. The number of carbonyl (C=O) groups is 1. The average molecular weight is 266 g/mol. The van der Waals surface area contributed by atoms with Gasteiger partial charge in [0.25, 0.3) is 0 Å². The molecule has 1 aliphatic carbocycles. The Kier molecular flexibility index (Phi) is 3.31. The van der Waals surface area contributed by atoms with Gasteiger partial charge >= 0.3 is 0 Å². The monoisotopic (exact) mass is 266 g/mol. The summed E-state index contributed by atoms with van der Waals surface area (Å²) in [7, 11) is 0. The lowest BCUT2D eigenvalue weighted by Crippen LogP contribution is -2.16. The van der Waals surface area contributed by atoms with Crippen LogP contribution in [0.5, 0.6) is 5.75 Å².